The lowest BCUT2D eigenvalue weighted by Crippen LogP contribution is -2.36. The highest BCUT2D eigenvalue weighted by Gasteiger charge is 2.35. The van der Waals surface area contributed by atoms with Gasteiger partial charge in [0.05, 0.1) is 23.2 Å². The largest absolute Gasteiger partial charge is 0.383 e. The first-order valence-electron chi connectivity index (χ1n) is 6.94. The van der Waals surface area contributed by atoms with Crippen LogP contribution in [0.25, 0.3) is 11.0 Å². The summed E-state index contributed by atoms with van der Waals surface area (Å²) < 4.78 is 7.55. The minimum absolute atomic E-state index is 0.00718. The van der Waals surface area contributed by atoms with E-state index in [1.807, 2.05) is 6.07 Å². The van der Waals surface area contributed by atoms with Crippen molar-refractivity contribution in [2.75, 3.05) is 20.3 Å². The average molecular weight is 259 g/mol. The van der Waals surface area contributed by atoms with E-state index in [9.17, 15) is 0 Å². The molecule has 0 radical (unpaired) electrons. The van der Waals surface area contributed by atoms with Gasteiger partial charge in [-0.2, -0.15) is 0 Å². The Balaban J connectivity index is 2.11. The molecule has 2 heterocycles. The van der Waals surface area contributed by atoms with Crippen LogP contribution >= 0.6 is 0 Å². The first-order chi connectivity index (χ1) is 9.24. The molecule has 1 aromatic carbocycles. The average Bonchev–Trinajstić information content (AvgIpc) is 3.01. The number of ether oxygens (including phenoxy) is 1. The summed E-state index contributed by atoms with van der Waals surface area (Å²) in [7, 11) is 1.74. The van der Waals surface area contributed by atoms with E-state index < -0.39 is 0 Å². The molecule has 1 N–H and O–H groups in total. The lowest BCUT2D eigenvalue weighted by atomic mass is 9.99. The predicted molar refractivity (Wildman–Crippen MR) is 76.2 cm³/mol. The molecule has 102 valence electrons. The summed E-state index contributed by atoms with van der Waals surface area (Å²) >= 11 is 0. The van der Waals surface area contributed by atoms with Gasteiger partial charge in [0.15, 0.2) is 0 Å². The van der Waals surface area contributed by atoms with Crippen molar-refractivity contribution in [3.05, 3.63) is 30.1 Å². The van der Waals surface area contributed by atoms with E-state index >= 15 is 0 Å². The quantitative estimate of drug-likeness (QED) is 0.915. The molecule has 4 heteroatoms. The normalized spacial score (nSPS) is 23.3. The number of fused-ring (bicyclic) bond motifs is 1. The summed E-state index contributed by atoms with van der Waals surface area (Å²) in [6.45, 7) is 4.89. The van der Waals surface area contributed by atoms with Crippen LogP contribution in [0.5, 0.6) is 0 Å². The highest BCUT2D eigenvalue weighted by molar-refractivity contribution is 5.76. The summed E-state index contributed by atoms with van der Waals surface area (Å²) in [5.74, 6) is 1.14. The Kier molecular flexibility index (Phi) is 3.29. The van der Waals surface area contributed by atoms with Gasteiger partial charge in [0.1, 0.15) is 5.82 Å². The molecule has 1 unspecified atom stereocenters. The zero-order valence-corrected chi connectivity index (χ0v) is 11.6. The van der Waals surface area contributed by atoms with Crippen LogP contribution < -0.4 is 5.32 Å². The molecule has 2 aromatic rings. The molecule has 1 aliphatic heterocycles. The van der Waals surface area contributed by atoms with Crippen molar-refractivity contribution in [3.63, 3.8) is 0 Å². The van der Waals surface area contributed by atoms with E-state index in [0.29, 0.717) is 6.61 Å². The topological polar surface area (TPSA) is 39.1 Å². The Morgan fingerprint density at radius 2 is 2.26 bits per heavy atom. The number of imidazole rings is 1. The SMILES string of the molecule is COCCn1c(C2(C)CCCN2)nc2ccccc21. The Morgan fingerprint density at radius 3 is 3.00 bits per heavy atom. The third kappa shape index (κ3) is 2.15. The van der Waals surface area contributed by atoms with Crippen molar-refractivity contribution >= 4 is 11.0 Å². The Hall–Kier alpha value is -1.39. The number of methoxy groups -OCH3 is 1. The maximum atomic E-state index is 5.25. The zero-order valence-electron chi connectivity index (χ0n) is 11.6. The molecule has 3 rings (SSSR count). The maximum absolute atomic E-state index is 5.25. The van der Waals surface area contributed by atoms with Crippen molar-refractivity contribution in [1.29, 1.82) is 0 Å². The number of aromatic nitrogens is 2. The summed E-state index contributed by atoms with van der Waals surface area (Å²) in [5.41, 5.74) is 2.26. The van der Waals surface area contributed by atoms with Crippen molar-refractivity contribution < 1.29 is 4.74 Å². The monoisotopic (exact) mass is 259 g/mol. The summed E-state index contributed by atoms with van der Waals surface area (Å²) in [6, 6.07) is 8.34. The van der Waals surface area contributed by atoms with Crippen LogP contribution in [0.15, 0.2) is 24.3 Å². The first kappa shape index (κ1) is 12.6. The van der Waals surface area contributed by atoms with Crippen LogP contribution in [0.4, 0.5) is 0 Å². The zero-order chi connectivity index (χ0) is 13.3. The third-order valence-corrected chi connectivity index (χ3v) is 4.04. The van der Waals surface area contributed by atoms with Crippen LogP contribution in [-0.4, -0.2) is 29.8 Å². The van der Waals surface area contributed by atoms with Crippen LogP contribution in [0.3, 0.4) is 0 Å². The second kappa shape index (κ2) is 4.94. The third-order valence-electron chi connectivity index (χ3n) is 4.04. The van der Waals surface area contributed by atoms with Crippen molar-refractivity contribution in [3.8, 4) is 0 Å². The lowest BCUT2D eigenvalue weighted by molar-refractivity contribution is 0.185. The fourth-order valence-corrected chi connectivity index (χ4v) is 2.99. The van der Waals surface area contributed by atoms with Gasteiger partial charge in [-0.15, -0.1) is 0 Å². The Labute approximate surface area is 113 Å². The number of nitrogens with zero attached hydrogens (tertiary/aromatic N) is 2. The van der Waals surface area contributed by atoms with E-state index in [-0.39, 0.29) is 5.54 Å². The molecule has 1 aliphatic rings. The predicted octanol–water partition coefficient (Wildman–Crippen LogP) is 2.28. The van der Waals surface area contributed by atoms with Gasteiger partial charge in [-0.1, -0.05) is 12.1 Å². The fraction of sp³-hybridized carbons (Fsp3) is 0.533. The van der Waals surface area contributed by atoms with E-state index in [4.69, 9.17) is 9.72 Å². The van der Waals surface area contributed by atoms with Gasteiger partial charge in [0.2, 0.25) is 0 Å². The number of nitrogens with one attached hydrogen (secondary N) is 1. The number of rotatable bonds is 4. The van der Waals surface area contributed by atoms with Crippen LogP contribution in [-0.2, 0) is 16.8 Å². The second-order valence-corrected chi connectivity index (χ2v) is 5.43. The van der Waals surface area contributed by atoms with Gasteiger partial charge in [-0.25, -0.2) is 4.98 Å². The molecule has 0 amide bonds. The summed E-state index contributed by atoms with van der Waals surface area (Å²) in [6.07, 6.45) is 2.35. The Morgan fingerprint density at radius 1 is 1.42 bits per heavy atom. The van der Waals surface area contributed by atoms with Crippen molar-refractivity contribution in [2.24, 2.45) is 0 Å². The van der Waals surface area contributed by atoms with Crippen molar-refractivity contribution in [2.45, 2.75) is 31.8 Å². The van der Waals surface area contributed by atoms with Gasteiger partial charge in [-0.3, -0.25) is 0 Å². The maximum Gasteiger partial charge on any atom is 0.130 e. The highest BCUT2D eigenvalue weighted by Crippen LogP contribution is 2.32. The molecule has 1 saturated heterocycles. The molecular formula is C15H21N3O. The van der Waals surface area contributed by atoms with Gasteiger partial charge in [0.25, 0.3) is 0 Å². The summed E-state index contributed by atoms with van der Waals surface area (Å²) in [4.78, 5) is 4.86. The number of benzene rings is 1. The molecule has 0 saturated carbocycles. The number of hydrogen-bond donors (Lipinski definition) is 1. The van der Waals surface area contributed by atoms with Gasteiger partial charge in [0, 0.05) is 13.7 Å². The standard InChI is InChI=1S/C15H21N3O/c1-15(8-5-9-16-15)14-17-12-6-3-4-7-13(12)18(14)10-11-19-2/h3-4,6-7,16H,5,8-11H2,1-2H3. The number of hydrogen-bond acceptors (Lipinski definition) is 3. The van der Waals surface area contributed by atoms with Crippen LogP contribution in [0.2, 0.25) is 0 Å². The van der Waals surface area contributed by atoms with E-state index in [0.717, 1.165) is 30.9 Å². The molecular weight excluding hydrogens is 238 g/mol. The summed E-state index contributed by atoms with van der Waals surface area (Å²) in [5, 5.41) is 3.60. The smallest absolute Gasteiger partial charge is 0.130 e. The molecule has 0 spiro atoms. The fourth-order valence-electron chi connectivity index (χ4n) is 2.99. The van der Waals surface area contributed by atoms with E-state index in [1.54, 1.807) is 7.11 Å². The van der Waals surface area contributed by atoms with Crippen LogP contribution in [0.1, 0.15) is 25.6 Å². The molecule has 0 aliphatic carbocycles. The minimum atomic E-state index is -0.00718. The first-order valence-corrected chi connectivity index (χ1v) is 6.94. The molecule has 1 aromatic heterocycles. The molecule has 19 heavy (non-hydrogen) atoms. The lowest BCUT2D eigenvalue weighted by Gasteiger charge is -2.25. The van der Waals surface area contributed by atoms with E-state index in [1.165, 1.54) is 11.9 Å². The van der Waals surface area contributed by atoms with Gasteiger partial charge < -0.3 is 14.6 Å². The Bertz CT molecular complexity index is 570. The van der Waals surface area contributed by atoms with Crippen molar-refractivity contribution in [1.82, 2.24) is 14.9 Å². The minimum Gasteiger partial charge on any atom is -0.383 e. The molecule has 0 bridgehead atoms. The highest BCUT2D eigenvalue weighted by atomic mass is 16.5. The molecule has 1 fully saturated rings. The van der Waals surface area contributed by atoms with Crippen LogP contribution in [0, 0.1) is 0 Å². The van der Waals surface area contributed by atoms with Gasteiger partial charge >= 0.3 is 0 Å². The molecule has 1 atom stereocenters. The second-order valence-electron chi connectivity index (χ2n) is 5.43. The van der Waals surface area contributed by atoms with E-state index in [2.05, 4.69) is 35.0 Å². The van der Waals surface area contributed by atoms with Gasteiger partial charge in [-0.05, 0) is 38.4 Å². The number of para-hydroxylation sites is 2. The molecule has 4 nitrogen and oxygen atoms in total.